The fourth-order valence-electron chi connectivity index (χ4n) is 3.24. The second kappa shape index (κ2) is 8.57. The lowest BCUT2D eigenvalue weighted by Crippen LogP contribution is -2.34. The van der Waals surface area contributed by atoms with Crippen LogP contribution in [0.3, 0.4) is 0 Å². The van der Waals surface area contributed by atoms with Crippen molar-refractivity contribution in [1.29, 1.82) is 0 Å². The van der Waals surface area contributed by atoms with Gasteiger partial charge in [-0.3, -0.25) is 4.79 Å². The first kappa shape index (κ1) is 20.7. The second-order valence-corrected chi connectivity index (χ2v) is 9.67. The van der Waals surface area contributed by atoms with E-state index in [-0.39, 0.29) is 53.0 Å². The molecule has 1 atom stereocenters. The van der Waals surface area contributed by atoms with Crippen LogP contribution in [0.4, 0.5) is 13.2 Å². The van der Waals surface area contributed by atoms with Crippen molar-refractivity contribution in [3.63, 3.8) is 0 Å². The van der Waals surface area contributed by atoms with E-state index in [2.05, 4.69) is 0 Å². The van der Waals surface area contributed by atoms with Crippen molar-refractivity contribution < 1.29 is 26.4 Å². The molecule has 4 nitrogen and oxygen atoms in total. The quantitative estimate of drug-likeness (QED) is 0.686. The minimum atomic E-state index is -3.67. The Bertz CT molecular complexity index is 966. The highest BCUT2D eigenvalue weighted by atomic mass is 32.2. The maximum atomic E-state index is 14.1. The fraction of sp³-hybridized carbons (Fsp3) is 0.316. The molecule has 1 aliphatic heterocycles. The Balaban J connectivity index is 1.85. The Labute approximate surface area is 165 Å². The molecule has 28 heavy (non-hydrogen) atoms. The van der Waals surface area contributed by atoms with Crippen molar-refractivity contribution in [3.8, 4) is 0 Å². The van der Waals surface area contributed by atoms with Gasteiger partial charge < -0.3 is 4.90 Å². The number of carbonyl (C=O) groups is 1. The van der Waals surface area contributed by atoms with Gasteiger partial charge >= 0.3 is 0 Å². The Hall–Kier alpha value is -2.00. The largest absolute Gasteiger partial charge is 0.338 e. The third-order valence-electron chi connectivity index (χ3n) is 4.61. The molecular weight excluding hydrogens is 411 g/mol. The Morgan fingerprint density at radius 3 is 2.46 bits per heavy atom. The molecule has 0 aliphatic carbocycles. The van der Waals surface area contributed by atoms with Crippen LogP contribution in [-0.4, -0.2) is 43.8 Å². The van der Waals surface area contributed by atoms with Crippen molar-refractivity contribution in [2.45, 2.75) is 22.3 Å². The van der Waals surface area contributed by atoms with Crippen molar-refractivity contribution in [2.24, 2.45) is 0 Å². The maximum absolute atomic E-state index is 14.1. The van der Waals surface area contributed by atoms with Crippen LogP contribution in [0.2, 0.25) is 0 Å². The third-order valence-corrected chi connectivity index (χ3v) is 7.51. The molecule has 0 bridgehead atoms. The number of nitrogens with zero attached hydrogens (tertiary/aromatic N) is 1. The van der Waals surface area contributed by atoms with Crippen LogP contribution in [0.1, 0.15) is 27.6 Å². The number of alkyl halides is 2. The molecule has 2 aromatic rings. The van der Waals surface area contributed by atoms with Crippen molar-refractivity contribution >= 4 is 27.5 Å². The van der Waals surface area contributed by atoms with E-state index in [4.69, 9.17) is 0 Å². The molecule has 0 radical (unpaired) electrons. The average Bonchev–Trinajstić information content (AvgIpc) is 2.80. The van der Waals surface area contributed by atoms with E-state index in [9.17, 15) is 26.4 Å². The third kappa shape index (κ3) is 4.52. The fourth-order valence-corrected chi connectivity index (χ4v) is 5.68. The number of carbonyl (C=O) groups excluding carboxylic acids is 1. The smallest absolute Gasteiger partial charge is 0.288 e. The molecule has 0 unspecified atom stereocenters. The molecule has 9 heteroatoms. The summed E-state index contributed by atoms with van der Waals surface area (Å²) in [7, 11) is -3.67. The van der Waals surface area contributed by atoms with E-state index in [0.29, 0.717) is 0 Å². The normalized spacial score (nSPS) is 19.4. The molecule has 1 fully saturated rings. The van der Waals surface area contributed by atoms with Gasteiger partial charge in [0.25, 0.3) is 11.7 Å². The minimum absolute atomic E-state index is 0.0408. The number of amides is 1. The number of rotatable bonds is 4. The SMILES string of the molecule is O=C(c1ccccc1SC(F)F)N1CC[C@@H](c2ccccc2F)S(=O)(=O)CC1. The van der Waals surface area contributed by atoms with E-state index >= 15 is 0 Å². The molecule has 0 spiro atoms. The zero-order valence-electron chi connectivity index (χ0n) is 14.7. The van der Waals surface area contributed by atoms with Crippen LogP contribution in [0, 0.1) is 5.82 Å². The molecule has 150 valence electrons. The molecular formula is C19H18F3NO3S2. The molecule has 0 saturated carbocycles. The molecule has 2 aromatic carbocycles. The number of thioether (sulfide) groups is 1. The first-order chi connectivity index (χ1) is 13.3. The van der Waals surface area contributed by atoms with Gasteiger partial charge in [0.2, 0.25) is 0 Å². The standard InChI is InChI=1S/C19H18F3NO3S2/c20-15-7-3-1-5-13(15)17-9-10-23(11-12-28(17,25)26)18(24)14-6-2-4-8-16(14)27-19(21)22/h1-8,17,19H,9-12H2/t17-/m0/s1. The molecule has 0 aromatic heterocycles. The summed E-state index contributed by atoms with van der Waals surface area (Å²) in [5.41, 5.74) is 0.194. The number of halogens is 3. The second-order valence-electron chi connectivity index (χ2n) is 6.33. The Morgan fingerprint density at radius 1 is 1.07 bits per heavy atom. The molecule has 3 rings (SSSR count). The highest BCUT2D eigenvalue weighted by Gasteiger charge is 2.34. The number of benzene rings is 2. The van der Waals surface area contributed by atoms with Crippen LogP contribution < -0.4 is 0 Å². The van der Waals surface area contributed by atoms with Gasteiger partial charge in [-0.15, -0.1) is 0 Å². The number of hydrogen-bond acceptors (Lipinski definition) is 4. The van der Waals surface area contributed by atoms with Gasteiger partial charge in [0.1, 0.15) is 5.82 Å². The van der Waals surface area contributed by atoms with Gasteiger partial charge in [-0.2, -0.15) is 8.78 Å². The van der Waals surface area contributed by atoms with Crippen LogP contribution in [0.15, 0.2) is 53.4 Å². The van der Waals surface area contributed by atoms with Gasteiger partial charge in [-0.25, -0.2) is 12.8 Å². The van der Waals surface area contributed by atoms with Gasteiger partial charge in [0.15, 0.2) is 9.84 Å². The van der Waals surface area contributed by atoms with Crippen molar-refractivity contribution in [3.05, 3.63) is 65.5 Å². The molecule has 1 amide bonds. The van der Waals surface area contributed by atoms with Crippen LogP contribution in [-0.2, 0) is 9.84 Å². The van der Waals surface area contributed by atoms with E-state index < -0.39 is 32.6 Å². The predicted octanol–water partition coefficient (Wildman–Crippen LogP) is 4.14. The molecule has 1 heterocycles. The summed E-state index contributed by atoms with van der Waals surface area (Å²) in [6, 6.07) is 11.7. The predicted molar refractivity (Wildman–Crippen MR) is 102 cm³/mol. The summed E-state index contributed by atoms with van der Waals surface area (Å²) in [5, 5.41) is -1.04. The topological polar surface area (TPSA) is 54.5 Å². The van der Waals surface area contributed by atoms with Crippen molar-refractivity contribution in [2.75, 3.05) is 18.8 Å². The summed E-state index contributed by atoms with van der Waals surface area (Å²) in [4.78, 5) is 14.4. The Morgan fingerprint density at radius 2 is 1.75 bits per heavy atom. The van der Waals surface area contributed by atoms with Gasteiger partial charge in [-0.05, 0) is 24.6 Å². The lowest BCUT2D eigenvalue weighted by atomic mass is 10.1. The molecule has 1 saturated heterocycles. The van der Waals surface area contributed by atoms with Crippen LogP contribution >= 0.6 is 11.8 Å². The first-order valence-corrected chi connectivity index (χ1v) is 11.2. The summed E-state index contributed by atoms with van der Waals surface area (Å²) >= 11 is 0.273. The summed E-state index contributed by atoms with van der Waals surface area (Å²) in [6.45, 7) is 0.0184. The monoisotopic (exact) mass is 429 g/mol. The van der Waals surface area contributed by atoms with E-state index in [1.807, 2.05) is 0 Å². The molecule has 1 aliphatic rings. The summed E-state index contributed by atoms with van der Waals surface area (Å²) in [6.07, 6.45) is 0.0408. The summed E-state index contributed by atoms with van der Waals surface area (Å²) in [5.74, 6) is -4.10. The minimum Gasteiger partial charge on any atom is -0.338 e. The van der Waals surface area contributed by atoms with Gasteiger partial charge in [0, 0.05) is 23.5 Å². The van der Waals surface area contributed by atoms with Crippen molar-refractivity contribution in [1.82, 2.24) is 4.90 Å². The molecule has 0 N–H and O–H groups in total. The zero-order valence-corrected chi connectivity index (χ0v) is 16.4. The number of sulfone groups is 1. The lowest BCUT2D eigenvalue weighted by molar-refractivity contribution is 0.0763. The summed E-state index contributed by atoms with van der Waals surface area (Å²) < 4.78 is 65.0. The van der Waals surface area contributed by atoms with Gasteiger partial charge in [-0.1, -0.05) is 42.1 Å². The van der Waals surface area contributed by atoms with Crippen LogP contribution in [0.25, 0.3) is 0 Å². The van der Waals surface area contributed by atoms with Gasteiger partial charge in [0.05, 0.1) is 16.6 Å². The van der Waals surface area contributed by atoms with E-state index in [0.717, 1.165) is 0 Å². The first-order valence-electron chi connectivity index (χ1n) is 8.58. The number of hydrogen-bond donors (Lipinski definition) is 0. The zero-order chi connectivity index (χ0) is 20.3. The van der Waals surface area contributed by atoms with E-state index in [1.54, 1.807) is 18.2 Å². The van der Waals surface area contributed by atoms with E-state index in [1.165, 1.54) is 35.2 Å². The maximum Gasteiger partial charge on any atom is 0.288 e. The lowest BCUT2D eigenvalue weighted by Gasteiger charge is -2.21. The highest BCUT2D eigenvalue weighted by molar-refractivity contribution is 7.99. The average molecular weight is 429 g/mol. The highest BCUT2D eigenvalue weighted by Crippen LogP contribution is 2.33. The van der Waals surface area contributed by atoms with Crippen LogP contribution in [0.5, 0.6) is 0 Å². The Kier molecular flexibility index (Phi) is 6.34.